The second-order valence-electron chi connectivity index (χ2n) is 3.40. The van der Waals surface area contributed by atoms with Crippen LogP contribution >= 0.6 is 11.3 Å². The molecule has 0 aliphatic carbocycles. The molecule has 0 radical (unpaired) electrons. The smallest absolute Gasteiger partial charge is 0.307 e. The van der Waals surface area contributed by atoms with Crippen LogP contribution in [0.5, 0.6) is 11.6 Å². The monoisotopic (exact) mass is 249 g/mol. The molecule has 0 unspecified atom stereocenters. The Kier molecular flexibility index (Phi) is 3.01. The fourth-order valence-electron chi connectivity index (χ4n) is 1.45. The molecule has 0 saturated heterocycles. The zero-order valence-electron chi connectivity index (χ0n) is 9.19. The molecule has 0 bridgehead atoms. The van der Waals surface area contributed by atoms with E-state index in [9.17, 15) is 9.90 Å². The molecule has 1 aromatic carbocycles. The van der Waals surface area contributed by atoms with E-state index in [4.69, 9.17) is 4.74 Å². The van der Waals surface area contributed by atoms with Crippen molar-refractivity contribution in [2.45, 2.75) is 0 Å². The fourth-order valence-corrected chi connectivity index (χ4v) is 2.17. The van der Waals surface area contributed by atoms with Crippen LogP contribution in [0.25, 0.3) is 5.57 Å². The van der Waals surface area contributed by atoms with Crippen LogP contribution in [-0.2, 0) is 0 Å². The molecule has 0 aliphatic heterocycles. The zero-order valence-corrected chi connectivity index (χ0v) is 10.0. The highest BCUT2D eigenvalue weighted by molar-refractivity contribution is 7.10. The summed E-state index contributed by atoms with van der Waals surface area (Å²) in [7, 11) is 1.59. The van der Waals surface area contributed by atoms with Gasteiger partial charge in [0.1, 0.15) is 5.75 Å². The summed E-state index contributed by atoms with van der Waals surface area (Å²) in [5.74, 6) is 0.605. The van der Waals surface area contributed by atoms with Gasteiger partial charge in [0.2, 0.25) is 5.88 Å². The summed E-state index contributed by atoms with van der Waals surface area (Å²) < 4.78 is 5.05. The average Bonchev–Trinajstić information content (AvgIpc) is 2.68. The van der Waals surface area contributed by atoms with E-state index in [0.29, 0.717) is 10.5 Å². The zero-order chi connectivity index (χ0) is 12.4. The van der Waals surface area contributed by atoms with Crippen LogP contribution in [-0.4, -0.2) is 17.2 Å². The Morgan fingerprint density at radius 1 is 1.41 bits per heavy atom. The lowest BCUT2D eigenvalue weighted by Crippen LogP contribution is -1.89. The Morgan fingerprint density at radius 2 is 2.06 bits per heavy atom. The van der Waals surface area contributed by atoms with Gasteiger partial charge in [-0.2, -0.15) is 0 Å². The highest BCUT2D eigenvalue weighted by atomic mass is 32.1. The predicted molar refractivity (Wildman–Crippen MR) is 67.7 cm³/mol. The van der Waals surface area contributed by atoms with E-state index in [0.717, 1.165) is 22.6 Å². The maximum Gasteiger partial charge on any atom is 0.307 e. The van der Waals surface area contributed by atoms with Crippen molar-refractivity contribution in [3.05, 3.63) is 51.0 Å². The third kappa shape index (κ3) is 2.24. The van der Waals surface area contributed by atoms with Gasteiger partial charge < -0.3 is 9.84 Å². The molecule has 0 amide bonds. The lowest BCUT2D eigenvalue weighted by atomic mass is 10.1. The van der Waals surface area contributed by atoms with Gasteiger partial charge in [-0.1, -0.05) is 30.0 Å². The minimum absolute atomic E-state index is 0.138. The Bertz CT molecular complexity index is 595. The molecule has 2 rings (SSSR count). The van der Waals surface area contributed by atoms with Crippen molar-refractivity contribution in [2.75, 3.05) is 7.11 Å². The normalized spacial score (nSPS) is 10.2. The first kappa shape index (κ1) is 11.5. The predicted octanol–water partition coefficient (Wildman–Crippen LogP) is 2.21. The number of H-pyrrole nitrogens is 1. The van der Waals surface area contributed by atoms with Crippen molar-refractivity contribution in [3.8, 4) is 11.6 Å². The van der Waals surface area contributed by atoms with Gasteiger partial charge in [0.05, 0.1) is 12.0 Å². The first-order valence-electron chi connectivity index (χ1n) is 4.87. The van der Waals surface area contributed by atoms with Gasteiger partial charge in [0.25, 0.3) is 0 Å². The lowest BCUT2D eigenvalue weighted by Gasteiger charge is -2.05. The molecule has 2 aromatic rings. The van der Waals surface area contributed by atoms with Crippen LogP contribution in [0.15, 0.2) is 35.6 Å². The van der Waals surface area contributed by atoms with E-state index in [1.54, 1.807) is 19.2 Å². The number of aromatic hydroxyl groups is 1. The molecule has 0 fully saturated rings. The molecule has 4 nitrogen and oxygen atoms in total. The minimum Gasteiger partial charge on any atom is -0.497 e. The van der Waals surface area contributed by atoms with E-state index in [1.165, 1.54) is 0 Å². The van der Waals surface area contributed by atoms with Crippen LogP contribution in [0.4, 0.5) is 0 Å². The Hall–Kier alpha value is -2.01. The minimum atomic E-state index is -0.299. The Labute approximate surface area is 102 Å². The lowest BCUT2D eigenvalue weighted by molar-refractivity contribution is 0.415. The summed E-state index contributed by atoms with van der Waals surface area (Å²) in [5, 5.41) is 9.53. The number of methoxy groups -OCH3 is 1. The first-order chi connectivity index (χ1) is 8.11. The summed E-state index contributed by atoms with van der Waals surface area (Å²) in [5.41, 5.74) is 1.44. The van der Waals surface area contributed by atoms with Crippen LogP contribution in [0.1, 0.15) is 10.4 Å². The van der Waals surface area contributed by atoms with Crippen molar-refractivity contribution >= 4 is 16.9 Å². The van der Waals surface area contributed by atoms with Crippen molar-refractivity contribution in [1.29, 1.82) is 0 Å². The summed E-state index contributed by atoms with van der Waals surface area (Å²) >= 11 is 0.935. The van der Waals surface area contributed by atoms with E-state index in [-0.39, 0.29) is 10.8 Å². The number of hydrogen-bond acceptors (Lipinski definition) is 4. The van der Waals surface area contributed by atoms with E-state index >= 15 is 0 Å². The molecule has 2 N–H and O–H groups in total. The first-order valence-corrected chi connectivity index (χ1v) is 5.69. The van der Waals surface area contributed by atoms with Crippen molar-refractivity contribution in [2.24, 2.45) is 0 Å². The second-order valence-corrected chi connectivity index (χ2v) is 4.38. The number of ether oxygens (including phenoxy) is 1. The van der Waals surface area contributed by atoms with Crippen molar-refractivity contribution < 1.29 is 9.84 Å². The second kappa shape index (κ2) is 4.47. The highest BCUT2D eigenvalue weighted by Crippen LogP contribution is 2.30. The van der Waals surface area contributed by atoms with Crippen LogP contribution < -0.4 is 9.61 Å². The number of hydrogen-bond donors (Lipinski definition) is 2. The van der Waals surface area contributed by atoms with E-state index in [2.05, 4.69) is 11.6 Å². The molecule has 1 aromatic heterocycles. The summed E-state index contributed by atoms with van der Waals surface area (Å²) in [6.45, 7) is 3.88. The molecule has 1 heterocycles. The molecule has 5 heteroatoms. The van der Waals surface area contributed by atoms with Gasteiger partial charge >= 0.3 is 4.87 Å². The number of aromatic amines is 1. The molecule has 17 heavy (non-hydrogen) atoms. The third-order valence-corrected chi connectivity index (χ3v) is 3.27. The van der Waals surface area contributed by atoms with Gasteiger partial charge in [-0.25, -0.2) is 0 Å². The van der Waals surface area contributed by atoms with Crippen LogP contribution in [0, 0.1) is 0 Å². The fraction of sp³-hybridized carbons (Fsp3) is 0.0833. The molecule has 88 valence electrons. The third-order valence-electron chi connectivity index (χ3n) is 2.34. The quantitative estimate of drug-likeness (QED) is 0.876. The van der Waals surface area contributed by atoms with Crippen LogP contribution in [0.2, 0.25) is 0 Å². The Balaban J connectivity index is 2.36. The number of rotatable bonds is 3. The highest BCUT2D eigenvalue weighted by Gasteiger charge is 2.11. The van der Waals surface area contributed by atoms with Gasteiger partial charge in [-0.05, 0) is 23.3 Å². The largest absolute Gasteiger partial charge is 0.497 e. The molecule has 0 saturated carbocycles. The maximum atomic E-state index is 11.1. The van der Waals surface area contributed by atoms with E-state index in [1.807, 2.05) is 12.1 Å². The topological polar surface area (TPSA) is 62.3 Å². The molecule has 0 spiro atoms. The SMILES string of the molecule is C=C(c1ccc(OC)cc1)c1sc(=O)[nH]c1O. The molecule has 0 atom stereocenters. The number of thiazole rings is 1. The van der Waals surface area contributed by atoms with Gasteiger partial charge in [-0.3, -0.25) is 9.78 Å². The summed E-state index contributed by atoms with van der Waals surface area (Å²) in [6, 6.07) is 7.25. The van der Waals surface area contributed by atoms with Crippen molar-refractivity contribution in [1.82, 2.24) is 4.98 Å². The van der Waals surface area contributed by atoms with E-state index < -0.39 is 0 Å². The van der Waals surface area contributed by atoms with Gasteiger partial charge in [0, 0.05) is 0 Å². The number of nitrogens with one attached hydrogen (secondary N) is 1. The number of benzene rings is 1. The maximum absolute atomic E-state index is 11.1. The van der Waals surface area contributed by atoms with Gasteiger partial charge in [-0.15, -0.1) is 0 Å². The molecule has 0 aliphatic rings. The van der Waals surface area contributed by atoms with Crippen LogP contribution in [0.3, 0.4) is 0 Å². The molecular formula is C12H11NO3S. The van der Waals surface area contributed by atoms with Crippen molar-refractivity contribution in [3.63, 3.8) is 0 Å². The van der Waals surface area contributed by atoms with Gasteiger partial charge in [0.15, 0.2) is 0 Å². The summed E-state index contributed by atoms with van der Waals surface area (Å²) in [6.07, 6.45) is 0. The Morgan fingerprint density at radius 3 is 2.53 bits per heavy atom. The standard InChI is InChI=1S/C12H11NO3S/c1-7(10-11(14)13-12(15)17-10)8-3-5-9(16-2)6-4-8/h3-6,14H,1H2,2H3,(H,13,15). The average molecular weight is 249 g/mol. The number of aromatic nitrogens is 1. The molecular weight excluding hydrogens is 238 g/mol. The summed E-state index contributed by atoms with van der Waals surface area (Å²) in [4.78, 5) is 13.6.